The van der Waals surface area contributed by atoms with Gasteiger partial charge in [0.15, 0.2) is 0 Å². The number of hydrogen-bond donors (Lipinski definition) is 0. The predicted molar refractivity (Wildman–Crippen MR) is 94.7 cm³/mol. The van der Waals surface area contributed by atoms with Crippen LogP contribution in [0.25, 0.3) is 33.0 Å². The summed E-state index contributed by atoms with van der Waals surface area (Å²) >= 11 is 0. The van der Waals surface area contributed by atoms with E-state index in [4.69, 9.17) is 0 Å². The summed E-state index contributed by atoms with van der Waals surface area (Å²) in [6, 6.07) is 25.5. The van der Waals surface area contributed by atoms with Gasteiger partial charge in [-0.2, -0.15) is 0 Å². The monoisotopic (exact) mass is 316 g/mol. The molecule has 0 unspecified atom stereocenters. The fraction of sp³-hybridized carbons (Fsp3) is 0. The van der Waals surface area contributed by atoms with Crippen molar-refractivity contribution in [3.63, 3.8) is 0 Å². The molecule has 4 aromatic rings. The van der Waals surface area contributed by atoms with E-state index in [1.807, 2.05) is 66.7 Å². The lowest BCUT2D eigenvalue weighted by Gasteiger charge is -2.13. The minimum Gasteiger partial charge on any atom is -0.207 e. The lowest BCUT2D eigenvalue weighted by atomic mass is 9.91. The summed E-state index contributed by atoms with van der Waals surface area (Å²) in [5, 5.41) is 1.99. The maximum absolute atomic E-state index is 14.4. The summed E-state index contributed by atoms with van der Waals surface area (Å²) in [6.07, 6.45) is 0. The molecule has 4 aromatic carbocycles. The van der Waals surface area contributed by atoms with E-state index >= 15 is 0 Å². The van der Waals surface area contributed by atoms with E-state index in [-0.39, 0.29) is 0 Å². The van der Waals surface area contributed by atoms with Crippen LogP contribution in [0.3, 0.4) is 0 Å². The molecule has 4 rings (SSSR count). The van der Waals surface area contributed by atoms with Crippen LogP contribution in [0, 0.1) is 11.6 Å². The zero-order valence-electron chi connectivity index (χ0n) is 12.8. The Kier molecular flexibility index (Phi) is 3.58. The van der Waals surface area contributed by atoms with Gasteiger partial charge >= 0.3 is 0 Å². The van der Waals surface area contributed by atoms with Crippen molar-refractivity contribution in [2.45, 2.75) is 0 Å². The average Bonchev–Trinajstić information content (AvgIpc) is 2.62. The van der Waals surface area contributed by atoms with Crippen LogP contribution in [0.15, 0.2) is 84.9 Å². The Morgan fingerprint density at radius 1 is 0.542 bits per heavy atom. The third kappa shape index (κ3) is 2.46. The number of benzene rings is 4. The molecule has 0 spiro atoms. The fourth-order valence-corrected chi connectivity index (χ4v) is 3.13. The molecule has 0 aliphatic carbocycles. The molecule has 24 heavy (non-hydrogen) atoms. The average molecular weight is 316 g/mol. The maximum Gasteiger partial charge on any atom is 0.133 e. The molecule has 0 saturated carbocycles. The molecule has 0 aliphatic rings. The van der Waals surface area contributed by atoms with E-state index in [0.717, 1.165) is 33.5 Å². The first kappa shape index (κ1) is 14.6. The molecule has 0 radical (unpaired) electrons. The molecular formula is C22H14F2. The van der Waals surface area contributed by atoms with Crippen LogP contribution in [-0.2, 0) is 0 Å². The first-order valence-electron chi connectivity index (χ1n) is 7.76. The lowest BCUT2D eigenvalue weighted by molar-refractivity contribution is 0.585. The molecule has 0 bridgehead atoms. The highest BCUT2D eigenvalue weighted by atomic mass is 19.1. The first-order chi connectivity index (χ1) is 11.7. The minimum atomic E-state index is -0.570. The number of halogens is 2. The van der Waals surface area contributed by atoms with Gasteiger partial charge in [0.2, 0.25) is 0 Å². The molecule has 0 nitrogen and oxygen atoms in total. The third-order valence-corrected chi connectivity index (χ3v) is 4.21. The Labute approximate surface area is 139 Å². The van der Waals surface area contributed by atoms with Crippen molar-refractivity contribution in [1.29, 1.82) is 0 Å². The standard InChI is InChI=1S/C22H14F2/c23-17-12-13-19(21(24)14-17)20-11-5-9-16-8-4-10-18(22(16)20)15-6-2-1-3-7-15/h1-14H. The molecule has 2 heteroatoms. The van der Waals surface area contributed by atoms with Crippen molar-refractivity contribution in [3.8, 4) is 22.3 Å². The number of fused-ring (bicyclic) bond motifs is 1. The van der Waals surface area contributed by atoms with Crippen LogP contribution in [0.2, 0.25) is 0 Å². The third-order valence-electron chi connectivity index (χ3n) is 4.21. The summed E-state index contributed by atoms with van der Waals surface area (Å²) in [6.45, 7) is 0. The zero-order chi connectivity index (χ0) is 16.5. The van der Waals surface area contributed by atoms with Crippen LogP contribution in [-0.4, -0.2) is 0 Å². The summed E-state index contributed by atoms with van der Waals surface area (Å²) in [5.41, 5.74) is 3.28. The van der Waals surface area contributed by atoms with E-state index in [1.165, 1.54) is 12.1 Å². The van der Waals surface area contributed by atoms with E-state index < -0.39 is 11.6 Å². The summed E-state index contributed by atoms with van der Waals surface area (Å²) in [7, 11) is 0. The van der Waals surface area contributed by atoms with Crippen LogP contribution in [0.5, 0.6) is 0 Å². The number of hydrogen-bond acceptors (Lipinski definition) is 0. The van der Waals surface area contributed by atoms with Crippen LogP contribution < -0.4 is 0 Å². The minimum absolute atomic E-state index is 0.408. The Morgan fingerprint density at radius 3 is 1.96 bits per heavy atom. The zero-order valence-corrected chi connectivity index (χ0v) is 12.8. The quantitative estimate of drug-likeness (QED) is 0.398. The van der Waals surface area contributed by atoms with Crippen molar-refractivity contribution in [2.24, 2.45) is 0 Å². The van der Waals surface area contributed by atoms with E-state index in [0.29, 0.717) is 5.56 Å². The van der Waals surface area contributed by atoms with E-state index in [1.54, 1.807) is 0 Å². The molecule has 0 fully saturated rings. The fourth-order valence-electron chi connectivity index (χ4n) is 3.13. The van der Waals surface area contributed by atoms with Gasteiger partial charge in [0.1, 0.15) is 11.6 Å². The second-order valence-electron chi connectivity index (χ2n) is 5.70. The van der Waals surface area contributed by atoms with Crippen molar-refractivity contribution in [3.05, 3.63) is 96.6 Å². The van der Waals surface area contributed by atoms with Crippen molar-refractivity contribution in [2.75, 3.05) is 0 Å². The lowest BCUT2D eigenvalue weighted by Crippen LogP contribution is -1.90. The van der Waals surface area contributed by atoms with Gasteiger partial charge in [-0.15, -0.1) is 0 Å². The van der Waals surface area contributed by atoms with Gasteiger partial charge in [-0.05, 0) is 39.6 Å². The van der Waals surface area contributed by atoms with Crippen molar-refractivity contribution in [1.82, 2.24) is 0 Å². The molecule has 0 aliphatic heterocycles. The smallest absolute Gasteiger partial charge is 0.133 e. The Hall–Kier alpha value is -3.00. The van der Waals surface area contributed by atoms with Gasteiger partial charge in [0, 0.05) is 11.6 Å². The Morgan fingerprint density at radius 2 is 1.25 bits per heavy atom. The summed E-state index contributed by atoms with van der Waals surface area (Å²) in [5.74, 6) is -1.12. The van der Waals surface area contributed by atoms with Crippen molar-refractivity contribution < 1.29 is 8.78 Å². The van der Waals surface area contributed by atoms with Crippen molar-refractivity contribution >= 4 is 10.8 Å². The van der Waals surface area contributed by atoms with Crippen LogP contribution in [0.4, 0.5) is 8.78 Å². The van der Waals surface area contributed by atoms with Crippen LogP contribution >= 0.6 is 0 Å². The summed E-state index contributed by atoms with van der Waals surface area (Å²) < 4.78 is 27.6. The summed E-state index contributed by atoms with van der Waals surface area (Å²) in [4.78, 5) is 0. The molecule has 0 atom stereocenters. The topological polar surface area (TPSA) is 0 Å². The van der Waals surface area contributed by atoms with Gasteiger partial charge in [-0.25, -0.2) is 8.78 Å². The SMILES string of the molecule is Fc1ccc(-c2cccc3cccc(-c4ccccc4)c23)c(F)c1. The Balaban J connectivity index is 2.07. The van der Waals surface area contributed by atoms with Gasteiger partial charge in [0.25, 0.3) is 0 Å². The van der Waals surface area contributed by atoms with E-state index in [9.17, 15) is 8.78 Å². The molecular weight excluding hydrogens is 302 g/mol. The molecule has 0 N–H and O–H groups in total. The maximum atomic E-state index is 14.4. The van der Waals surface area contributed by atoms with E-state index in [2.05, 4.69) is 0 Å². The molecule has 0 amide bonds. The molecule has 116 valence electrons. The molecule has 0 saturated heterocycles. The normalized spacial score (nSPS) is 10.9. The van der Waals surface area contributed by atoms with Gasteiger partial charge < -0.3 is 0 Å². The predicted octanol–water partition coefficient (Wildman–Crippen LogP) is 6.45. The highest BCUT2D eigenvalue weighted by Gasteiger charge is 2.13. The first-order valence-corrected chi connectivity index (χ1v) is 7.76. The largest absolute Gasteiger partial charge is 0.207 e. The molecule has 0 aromatic heterocycles. The second kappa shape index (κ2) is 5.89. The number of rotatable bonds is 2. The highest BCUT2D eigenvalue weighted by Crippen LogP contribution is 2.37. The van der Waals surface area contributed by atoms with Gasteiger partial charge in [-0.3, -0.25) is 0 Å². The Bertz CT molecular complexity index is 1020. The van der Waals surface area contributed by atoms with Crippen LogP contribution in [0.1, 0.15) is 0 Å². The molecule has 0 heterocycles. The highest BCUT2D eigenvalue weighted by molar-refractivity contribution is 6.06. The second-order valence-corrected chi connectivity index (χ2v) is 5.70. The van der Waals surface area contributed by atoms with Gasteiger partial charge in [0.05, 0.1) is 0 Å². The van der Waals surface area contributed by atoms with Gasteiger partial charge in [-0.1, -0.05) is 66.7 Å².